The zero-order chi connectivity index (χ0) is 21.8. The summed E-state index contributed by atoms with van der Waals surface area (Å²) in [6.45, 7) is 5.09. The first kappa shape index (κ1) is 20.5. The van der Waals surface area contributed by atoms with Crippen molar-refractivity contribution in [2.24, 2.45) is 0 Å². The quantitative estimate of drug-likeness (QED) is 0.575. The van der Waals surface area contributed by atoms with E-state index in [0.717, 1.165) is 63.2 Å². The smallest absolute Gasteiger partial charge is 0.101 e. The highest BCUT2D eigenvalue weighted by atomic mass is 15.3. The van der Waals surface area contributed by atoms with Gasteiger partial charge in [0.1, 0.15) is 6.07 Å². The van der Waals surface area contributed by atoms with Crippen molar-refractivity contribution in [2.45, 2.75) is 19.3 Å². The number of hydrogen-bond acceptors (Lipinski definition) is 3. The number of benzene rings is 3. The zero-order valence-electron chi connectivity index (χ0n) is 18.5. The first-order chi connectivity index (χ1) is 15.8. The van der Waals surface area contributed by atoms with Crippen LogP contribution in [0.5, 0.6) is 0 Å². The molecule has 1 heterocycles. The second-order valence-electron chi connectivity index (χ2n) is 8.68. The molecular formula is C29H29N3. The van der Waals surface area contributed by atoms with Crippen LogP contribution < -0.4 is 4.90 Å². The van der Waals surface area contributed by atoms with E-state index >= 15 is 0 Å². The fraction of sp³-hybridized carbons (Fsp3) is 0.276. The van der Waals surface area contributed by atoms with E-state index < -0.39 is 0 Å². The number of nitriles is 1. The number of anilines is 1. The highest BCUT2D eigenvalue weighted by Crippen LogP contribution is 2.33. The lowest BCUT2D eigenvalue weighted by atomic mass is 9.93. The van der Waals surface area contributed by atoms with Gasteiger partial charge in [-0.05, 0) is 59.2 Å². The molecule has 0 radical (unpaired) electrons. The average molecular weight is 420 g/mol. The molecule has 1 fully saturated rings. The van der Waals surface area contributed by atoms with Gasteiger partial charge in [-0.15, -0.1) is 0 Å². The number of para-hydroxylation sites is 1. The topological polar surface area (TPSA) is 30.3 Å². The van der Waals surface area contributed by atoms with E-state index in [1.807, 2.05) is 18.2 Å². The first-order valence-corrected chi connectivity index (χ1v) is 11.7. The number of nitrogens with zero attached hydrogens (tertiary/aromatic N) is 3. The number of piperazine rings is 1. The lowest BCUT2D eigenvalue weighted by Crippen LogP contribution is -2.46. The monoisotopic (exact) mass is 419 g/mol. The standard InChI is InChI=1S/C29H29N3/c30-22-25-10-3-6-14-29(25)32-20-18-31(19-21-32)17-7-13-28-26-11-4-1-8-23(26)15-16-24-9-2-5-12-27(24)28/h1-6,8-14H,7,15-21H2. The Morgan fingerprint density at radius 1 is 0.750 bits per heavy atom. The Kier molecular flexibility index (Phi) is 6.05. The Bertz CT molecular complexity index is 1110. The molecule has 0 atom stereocenters. The molecule has 3 aromatic rings. The predicted molar refractivity (Wildman–Crippen MR) is 132 cm³/mol. The second-order valence-corrected chi connectivity index (χ2v) is 8.68. The number of fused-ring (bicyclic) bond motifs is 2. The fourth-order valence-corrected chi connectivity index (χ4v) is 5.08. The second kappa shape index (κ2) is 9.42. The Hall–Kier alpha value is -3.35. The molecule has 32 heavy (non-hydrogen) atoms. The molecule has 3 aromatic carbocycles. The highest BCUT2D eigenvalue weighted by Gasteiger charge is 2.20. The van der Waals surface area contributed by atoms with Crippen LogP contribution in [0, 0.1) is 11.3 Å². The molecule has 0 unspecified atom stereocenters. The summed E-state index contributed by atoms with van der Waals surface area (Å²) in [6.07, 6.45) is 5.72. The van der Waals surface area contributed by atoms with E-state index in [0.29, 0.717) is 0 Å². The van der Waals surface area contributed by atoms with Crippen molar-refractivity contribution in [2.75, 3.05) is 37.6 Å². The number of aryl methyl sites for hydroxylation is 2. The predicted octanol–water partition coefficient (Wildman–Crippen LogP) is 5.30. The molecule has 0 bridgehead atoms. The summed E-state index contributed by atoms with van der Waals surface area (Å²) in [5.41, 5.74) is 8.96. The van der Waals surface area contributed by atoms with Gasteiger partial charge in [-0.3, -0.25) is 4.90 Å². The van der Waals surface area contributed by atoms with Gasteiger partial charge in [0.05, 0.1) is 11.3 Å². The maximum Gasteiger partial charge on any atom is 0.101 e. The van der Waals surface area contributed by atoms with Crippen LogP contribution in [0.1, 0.15) is 34.2 Å². The molecule has 1 aliphatic carbocycles. The fourth-order valence-electron chi connectivity index (χ4n) is 5.08. The third-order valence-electron chi connectivity index (χ3n) is 6.81. The molecule has 1 aliphatic heterocycles. The lowest BCUT2D eigenvalue weighted by molar-refractivity contribution is 0.262. The van der Waals surface area contributed by atoms with Crippen LogP contribution in [0.3, 0.4) is 0 Å². The minimum absolute atomic E-state index is 0.774. The first-order valence-electron chi connectivity index (χ1n) is 11.7. The van der Waals surface area contributed by atoms with Crippen molar-refractivity contribution in [3.05, 3.63) is 107 Å². The molecule has 0 N–H and O–H groups in total. The molecule has 3 heteroatoms. The van der Waals surface area contributed by atoms with Gasteiger partial charge < -0.3 is 4.90 Å². The van der Waals surface area contributed by atoms with Gasteiger partial charge in [0.15, 0.2) is 0 Å². The third kappa shape index (κ3) is 4.20. The van der Waals surface area contributed by atoms with Gasteiger partial charge in [0.2, 0.25) is 0 Å². The van der Waals surface area contributed by atoms with Crippen molar-refractivity contribution in [3.8, 4) is 6.07 Å². The molecular weight excluding hydrogens is 390 g/mol. The van der Waals surface area contributed by atoms with Crippen molar-refractivity contribution in [1.82, 2.24) is 4.90 Å². The van der Waals surface area contributed by atoms with Crippen molar-refractivity contribution >= 4 is 11.3 Å². The number of rotatable bonds is 4. The molecule has 0 amide bonds. The summed E-state index contributed by atoms with van der Waals surface area (Å²) >= 11 is 0. The minimum Gasteiger partial charge on any atom is -0.368 e. The van der Waals surface area contributed by atoms with Gasteiger partial charge in [0, 0.05) is 32.7 Å². The van der Waals surface area contributed by atoms with Gasteiger partial charge in [-0.25, -0.2) is 0 Å². The number of hydrogen-bond donors (Lipinski definition) is 0. The Morgan fingerprint density at radius 2 is 1.34 bits per heavy atom. The van der Waals surface area contributed by atoms with E-state index in [1.165, 1.54) is 27.8 Å². The van der Waals surface area contributed by atoms with E-state index in [4.69, 9.17) is 0 Å². The van der Waals surface area contributed by atoms with E-state index in [2.05, 4.69) is 76.5 Å². The maximum atomic E-state index is 9.41. The van der Waals surface area contributed by atoms with Gasteiger partial charge >= 0.3 is 0 Å². The van der Waals surface area contributed by atoms with Crippen LogP contribution in [-0.2, 0) is 12.8 Å². The van der Waals surface area contributed by atoms with Gasteiger partial charge in [-0.1, -0.05) is 66.7 Å². The summed E-state index contributed by atoms with van der Waals surface area (Å²) in [4.78, 5) is 4.91. The van der Waals surface area contributed by atoms with Crippen LogP contribution >= 0.6 is 0 Å². The van der Waals surface area contributed by atoms with E-state index in [9.17, 15) is 5.26 Å². The SMILES string of the molecule is N#Cc1ccccc1N1CCN(CCC=C2c3ccccc3CCc3ccccc32)CC1. The zero-order valence-corrected chi connectivity index (χ0v) is 18.5. The Morgan fingerprint density at radius 3 is 2.00 bits per heavy atom. The third-order valence-corrected chi connectivity index (χ3v) is 6.81. The molecule has 0 aromatic heterocycles. The molecule has 160 valence electrons. The lowest BCUT2D eigenvalue weighted by Gasteiger charge is -2.36. The maximum absolute atomic E-state index is 9.41. The summed E-state index contributed by atoms with van der Waals surface area (Å²) < 4.78 is 0. The molecule has 0 spiro atoms. The summed E-state index contributed by atoms with van der Waals surface area (Å²) in [5.74, 6) is 0. The Labute approximate surface area is 191 Å². The van der Waals surface area contributed by atoms with Crippen molar-refractivity contribution in [1.29, 1.82) is 5.26 Å². The average Bonchev–Trinajstić information content (AvgIpc) is 3.02. The molecule has 2 aliphatic rings. The van der Waals surface area contributed by atoms with Gasteiger partial charge in [0.25, 0.3) is 0 Å². The van der Waals surface area contributed by atoms with E-state index in [1.54, 1.807) is 0 Å². The van der Waals surface area contributed by atoms with Crippen molar-refractivity contribution in [3.63, 3.8) is 0 Å². The summed E-state index contributed by atoms with van der Waals surface area (Å²) in [6, 6.07) is 28.1. The van der Waals surface area contributed by atoms with Crippen LogP contribution in [0.2, 0.25) is 0 Å². The molecule has 5 rings (SSSR count). The Balaban J connectivity index is 1.28. The molecule has 1 saturated heterocycles. The summed E-state index contributed by atoms with van der Waals surface area (Å²) in [5, 5.41) is 9.41. The largest absolute Gasteiger partial charge is 0.368 e. The summed E-state index contributed by atoms with van der Waals surface area (Å²) in [7, 11) is 0. The van der Waals surface area contributed by atoms with Crippen LogP contribution in [0.4, 0.5) is 5.69 Å². The van der Waals surface area contributed by atoms with Crippen molar-refractivity contribution < 1.29 is 0 Å². The minimum atomic E-state index is 0.774. The van der Waals surface area contributed by atoms with Gasteiger partial charge in [-0.2, -0.15) is 5.26 Å². The molecule has 0 saturated carbocycles. The van der Waals surface area contributed by atoms with E-state index in [-0.39, 0.29) is 0 Å². The highest BCUT2D eigenvalue weighted by molar-refractivity contribution is 5.83. The van der Waals surface area contributed by atoms with Crippen LogP contribution in [0.15, 0.2) is 78.9 Å². The molecule has 3 nitrogen and oxygen atoms in total. The normalized spacial score (nSPS) is 16.0. The van der Waals surface area contributed by atoms with Crippen LogP contribution in [0.25, 0.3) is 5.57 Å². The van der Waals surface area contributed by atoms with Crippen LogP contribution in [-0.4, -0.2) is 37.6 Å².